The molecule has 1 nitrogen and oxygen atoms in total. The zero-order valence-electron chi connectivity index (χ0n) is 10.5. The van der Waals surface area contributed by atoms with E-state index in [-0.39, 0.29) is 0 Å². The molecule has 0 spiro atoms. The Kier molecular flexibility index (Phi) is 3.35. The Balaban J connectivity index is 3.09. The number of pyridine rings is 1. The molecule has 0 aliphatic carbocycles. The van der Waals surface area contributed by atoms with Crippen molar-refractivity contribution in [3.8, 4) is 0 Å². The molecule has 82 valence electrons. The van der Waals surface area contributed by atoms with E-state index in [1.807, 2.05) is 12.3 Å². The average Bonchev–Trinajstić information content (AvgIpc) is 2.16. The number of hydrogen-bond acceptors (Lipinski definition) is 1. The van der Waals surface area contributed by atoms with Gasteiger partial charge in [0.1, 0.15) is 8.07 Å². The second-order valence-electron chi connectivity index (χ2n) is 5.57. The Bertz CT molecular complexity index is 350. The van der Waals surface area contributed by atoms with Gasteiger partial charge in [0.15, 0.2) is 0 Å². The topological polar surface area (TPSA) is 12.9 Å². The summed E-state index contributed by atoms with van der Waals surface area (Å²) in [5.41, 5.74) is 0. The van der Waals surface area contributed by atoms with E-state index in [0.29, 0.717) is 0 Å². The summed E-state index contributed by atoms with van der Waals surface area (Å²) in [6.45, 7) is 16.2. The minimum Gasteiger partial charge on any atom is -0.266 e. The van der Waals surface area contributed by atoms with Crippen LogP contribution >= 0.6 is 0 Å². The fourth-order valence-electron chi connectivity index (χ4n) is 1.82. The molecule has 0 aliphatic heterocycles. The largest absolute Gasteiger partial charge is 0.266 e. The summed E-state index contributed by atoms with van der Waals surface area (Å²) in [5, 5.41) is 1.26. The van der Waals surface area contributed by atoms with Crippen molar-refractivity contribution in [2.75, 3.05) is 0 Å². The third-order valence-electron chi connectivity index (χ3n) is 2.97. The van der Waals surface area contributed by atoms with Crippen LogP contribution in [0.3, 0.4) is 0 Å². The average molecular weight is 235 g/mol. The highest BCUT2D eigenvalue weighted by Crippen LogP contribution is 2.22. The molecule has 15 heavy (non-hydrogen) atoms. The zero-order chi connectivity index (χ0) is 11.7. The van der Waals surface area contributed by atoms with Crippen molar-refractivity contribution in [3.05, 3.63) is 35.8 Å². The van der Waals surface area contributed by atoms with Crippen LogP contribution in [0.2, 0.25) is 32.7 Å². The second kappa shape index (κ2) is 4.06. The van der Waals surface area contributed by atoms with Crippen LogP contribution in [-0.4, -0.2) is 21.1 Å². The predicted molar refractivity (Wildman–Crippen MR) is 73.8 cm³/mol. The summed E-state index contributed by atoms with van der Waals surface area (Å²) >= 11 is 0. The molecule has 0 fully saturated rings. The molecular weight excluding hydrogens is 214 g/mol. The molecule has 0 radical (unpaired) electrons. The summed E-state index contributed by atoms with van der Waals surface area (Å²) in [6.07, 6.45) is 1.89. The molecule has 1 heterocycles. The quantitative estimate of drug-likeness (QED) is 0.734. The Morgan fingerprint density at radius 3 is 2.13 bits per heavy atom. The normalized spacial score (nSPS) is 12.6. The van der Waals surface area contributed by atoms with E-state index < -0.39 is 16.1 Å². The maximum absolute atomic E-state index is 4.51. The molecule has 1 rings (SSSR count). The molecule has 0 saturated heterocycles. The fraction of sp³-hybridized carbons (Fsp3) is 0.417. The third-order valence-corrected chi connectivity index (χ3v) is 12.0. The van der Waals surface area contributed by atoms with Crippen molar-refractivity contribution >= 4 is 21.5 Å². The van der Waals surface area contributed by atoms with Crippen LogP contribution in [0.15, 0.2) is 35.8 Å². The maximum atomic E-state index is 4.51. The molecule has 0 aromatic carbocycles. The van der Waals surface area contributed by atoms with Crippen LogP contribution in [-0.2, 0) is 0 Å². The SMILES string of the molecule is C=C([Si](C)(C)C)[Si](C)(C)c1ccccn1. The first-order valence-corrected chi connectivity index (χ1v) is 11.9. The number of hydrogen-bond donors (Lipinski definition) is 0. The van der Waals surface area contributed by atoms with Gasteiger partial charge in [0.25, 0.3) is 0 Å². The summed E-state index contributed by atoms with van der Waals surface area (Å²) in [7, 11) is -2.81. The lowest BCUT2D eigenvalue weighted by atomic mass is 10.5. The summed E-state index contributed by atoms with van der Waals surface area (Å²) in [6, 6.07) is 6.21. The molecule has 0 unspecified atom stereocenters. The van der Waals surface area contributed by atoms with Crippen molar-refractivity contribution in [3.63, 3.8) is 0 Å². The monoisotopic (exact) mass is 235 g/mol. The van der Waals surface area contributed by atoms with Crippen molar-refractivity contribution in [2.24, 2.45) is 0 Å². The van der Waals surface area contributed by atoms with Gasteiger partial charge in [0.2, 0.25) is 0 Å². The van der Waals surface area contributed by atoms with Crippen molar-refractivity contribution in [1.82, 2.24) is 4.98 Å². The molecule has 3 heteroatoms. The Morgan fingerprint density at radius 1 is 1.13 bits per heavy atom. The Hall–Kier alpha value is -0.676. The smallest absolute Gasteiger partial charge is 0.126 e. The van der Waals surface area contributed by atoms with Crippen LogP contribution in [0, 0.1) is 0 Å². The van der Waals surface area contributed by atoms with Crippen molar-refractivity contribution in [2.45, 2.75) is 32.7 Å². The van der Waals surface area contributed by atoms with Gasteiger partial charge in [-0.25, -0.2) is 0 Å². The van der Waals surface area contributed by atoms with Gasteiger partial charge in [-0.2, -0.15) is 0 Å². The van der Waals surface area contributed by atoms with Gasteiger partial charge in [-0.3, -0.25) is 4.98 Å². The lowest BCUT2D eigenvalue weighted by Crippen LogP contribution is -2.52. The zero-order valence-corrected chi connectivity index (χ0v) is 12.5. The molecule has 0 atom stereocenters. The predicted octanol–water partition coefficient (Wildman–Crippen LogP) is 2.97. The van der Waals surface area contributed by atoms with E-state index in [2.05, 4.69) is 56.4 Å². The lowest BCUT2D eigenvalue weighted by Gasteiger charge is -2.32. The van der Waals surface area contributed by atoms with E-state index in [9.17, 15) is 0 Å². The number of nitrogens with zero attached hydrogens (tertiary/aromatic N) is 1. The number of rotatable bonds is 3. The van der Waals surface area contributed by atoms with Gasteiger partial charge in [-0.05, 0) is 12.1 Å². The van der Waals surface area contributed by atoms with Crippen molar-refractivity contribution < 1.29 is 0 Å². The third kappa shape index (κ3) is 2.66. The van der Waals surface area contributed by atoms with Gasteiger partial charge in [0, 0.05) is 11.5 Å². The van der Waals surface area contributed by atoms with Crippen LogP contribution < -0.4 is 5.32 Å². The van der Waals surface area contributed by atoms with E-state index in [1.165, 1.54) is 10.1 Å². The van der Waals surface area contributed by atoms with Crippen molar-refractivity contribution in [1.29, 1.82) is 0 Å². The maximum Gasteiger partial charge on any atom is 0.126 e. The van der Waals surface area contributed by atoms with Crippen LogP contribution in [0.1, 0.15) is 0 Å². The van der Waals surface area contributed by atoms with E-state index in [1.54, 1.807) is 0 Å². The van der Waals surface area contributed by atoms with Gasteiger partial charge in [-0.1, -0.05) is 43.6 Å². The van der Waals surface area contributed by atoms with E-state index in [0.717, 1.165) is 0 Å². The van der Waals surface area contributed by atoms with Gasteiger partial charge in [0.05, 0.1) is 8.07 Å². The first-order chi connectivity index (χ1) is 6.76. The first-order valence-electron chi connectivity index (χ1n) is 5.37. The Morgan fingerprint density at radius 2 is 1.73 bits per heavy atom. The highest BCUT2D eigenvalue weighted by atomic mass is 28.4. The number of aromatic nitrogens is 1. The fourth-order valence-corrected chi connectivity index (χ4v) is 10.9. The molecular formula is C12H21NSi2. The van der Waals surface area contributed by atoms with Gasteiger partial charge < -0.3 is 0 Å². The van der Waals surface area contributed by atoms with E-state index >= 15 is 0 Å². The van der Waals surface area contributed by atoms with Gasteiger partial charge in [-0.15, -0.1) is 6.58 Å². The molecule has 0 N–H and O–H groups in total. The minimum atomic E-state index is -1.56. The van der Waals surface area contributed by atoms with Crippen LogP contribution in [0.5, 0.6) is 0 Å². The molecule has 0 aliphatic rings. The van der Waals surface area contributed by atoms with Crippen LogP contribution in [0.25, 0.3) is 0 Å². The van der Waals surface area contributed by atoms with Crippen LogP contribution in [0.4, 0.5) is 0 Å². The molecule has 0 bridgehead atoms. The molecule has 0 saturated carbocycles. The van der Waals surface area contributed by atoms with E-state index in [4.69, 9.17) is 0 Å². The summed E-state index contributed by atoms with van der Waals surface area (Å²) in [4.78, 5) is 6.00. The second-order valence-corrected chi connectivity index (χ2v) is 15.5. The Labute approximate surface area is 95.3 Å². The highest BCUT2D eigenvalue weighted by Gasteiger charge is 2.35. The minimum absolute atomic E-state index is 1.25. The standard InChI is InChI=1S/C12H21NSi2/c1-11(14(2,3)4)15(5,6)12-9-7-8-10-13-12/h7-10H,1H2,2-6H3. The highest BCUT2D eigenvalue weighted by molar-refractivity contribution is 7.10. The molecule has 1 aromatic heterocycles. The molecule has 1 aromatic rings. The summed E-state index contributed by atoms with van der Waals surface area (Å²) < 4.78 is 0. The van der Waals surface area contributed by atoms with Gasteiger partial charge >= 0.3 is 0 Å². The summed E-state index contributed by atoms with van der Waals surface area (Å²) in [5.74, 6) is 0. The molecule has 0 amide bonds. The first kappa shape index (κ1) is 12.4. The lowest BCUT2D eigenvalue weighted by molar-refractivity contribution is 1.36.